The highest BCUT2D eigenvalue weighted by molar-refractivity contribution is 7.91. The predicted octanol–water partition coefficient (Wildman–Crippen LogP) is 1.43. The fraction of sp³-hybridized carbons (Fsp3) is 0.733. The molecule has 1 saturated heterocycles. The Bertz CT molecular complexity index is 696. The molecule has 1 aromatic rings. The lowest BCUT2D eigenvalue weighted by molar-refractivity contribution is 0.0922. The summed E-state index contributed by atoms with van der Waals surface area (Å²) in [5.74, 6) is 0.445. The van der Waals surface area contributed by atoms with Crippen molar-refractivity contribution >= 4 is 15.7 Å². The number of aromatic nitrogens is 2. The van der Waals surface area contributed by atoms with Crippen molar-refractivity contribution in [1.82, 2.24) is 15.1 Å². The van der Waals surface area contributed by atoms with Gasteiger partial charge in [0, 0.05) is 12.0 Å². The molecule has 122 valence electrons. The maximum Gasteiger partial charge on any atom is 0.269 e. The molecule has 0 unspecified atom stereocenters. The fourth-order valence-electron chi connectivity index (χ4n) is 2.82. The van der Waals surface area contributed by atoms with Crippen LogP contribution in [0.4, 0.5) is 0 Å². The normalized spacial score (nSPS) is 24.4. The molecule has 1 atom stereocenters. The van der Waals surface area contributed by atoms with Crippen LogP contribution in [0.5, 0.6) is 0 Å². The van der Waals surface area contributed by atoms with Gasteiger partial charge in [0.25, 0.3) is 5.91 Å². The van der Waals surface area contributed by atoms with Crippen LogP contribution >= 0.6 is 0 Å². The number of sulfone groups is 1. The minimum Gasteiger partial charge on any atom is -0.347 e. The molecule has 2 fully saturated rings. The molecular formula is C15H23N3O3S. The number of carbonyl (C=O) groups excluding carboxylic acids is 1. The van der Waals surface area contributed by atoms with Crippen LogP contribution in [-0.2, 0) is 15.4 Å². The van der Waals surface area contributed by atoms with E-state index in [4.69, 9.17) is 0 Å². The number of hydrogen-bond acceptors (Lipinski definition) is 4. The number of rotatable bonds is 3. The van der Waals surface area contributed by atoms with E-state index in [0.29, 0.717) is 18.0 Å². The van der Waals surface area contributed by atoms with E-state index in [1.54, 1.807) is 4.68 Å². The van der Waals surface area contributed by atoms with Crippen LogP contribution in [0.15, 0.2) is 6.07 Å². The summed E-state index contributed by atoms with van der Waals surface area (Å²) in [5.41, 5.74) is 1.21. The predicted molar refractivity (Wildman–Crippen MR) is 83.7 cm³/mol. The third kappa shape index (κ3) is 3.19. The largest absolute Gasteiger partial charge is 0.347 e. The molecule has 2 aliphatic rings. The van der Waals surface area contributed by atoms with Crippen molar-refractivity contribution in [3.8, 4) is 0 Å². The quantitative estimate of drug-likeness (QED) is 0.911. The molecular weight excluding hydrogens is 302 g/mol. The number of amides is 1. The van der Waals surface area contributed by atoms with E-state index >= 15 is 0 Å². The Kier molecular flexibility index (Phi) is 3.58. The Morgan fingerprint density at radius 3 is 2.50 bits per heavy atom. The first-order chi connectivity index (χ1) is 10.2. The molecule has 1 aromatic heterocycles. The topological polar surface area (TPSA) is 81.1 Å². The third-order valence-electron chi connectivity index (χ3n) is 4.16. The Hall–Kier alpha value is -1.37. The molecule has 1 aliphatic carbocycles. The lowest BCUT2D eigenvalue weighted by atomic mass is 10.1. The second-order valence-electron chi connectivity index (χ2n) is 7.38. The summed E-state index contributed by atoms with van der Waals surface area (Å²) in [6.07, 6.45) is 2.75. The minimum absolute atomic E-state index is 0.0396. The van der Waals surface area contributed by atoms with Crippen LogP contribution in [0, 0.1) is 0 Å². The second kappa shape index (κ2) is 5.08. The summed E-state index contributed by atoms with van der Waals surface area (Å²) < 4.78 is 24.8. The summed E-state index contributed by atoms with van der Waals surface area (Å²) in [5, 5.41) is 7.46. The molecule has 0 radical (unpaired) electrons. The van der Waals surface area contributed by atoms with E-state index in [1.807, 2.05) is 26.8 Å². The maximum atomic E-state index is 12.6. The standard InChI is InChI=1S/C15H23N3O3S/c1-15(2,3)18-13(8-12(17-18)10-4-5-10)14(19)16-11-6-7-22(20,21)9-11/h8,10-11H,4-7,9H2,1-3H3,(H,16,19)/t11-/m1/s1. The van der Waals surface area contributed by atoms with Gasteiger partial charge in [-0.15, -0.1) is 0 Å². The average Bonchev–Trinajstić information content (AvgIpc) is 3.03. The highest BCUT2D eigenvalue weighted by Gasteiger charge is 2.33. The molecule has 0 aromatic carbocycles. The van der Waals surface area contributed by atoms with Crippen LogP contribution in [0.3, 0.4) is 0 Å². The number of nitrogens with zero attached hydrogens (tertiary/aromatic N) is 2. The lowest BCUT2D eigenvalue weighted by Crippen LogP contribution is -2.38. The van der Waals surface area contributed by atoms with Crippen molar-refractivity contribution in [2.45, 2.75) is 57.5 Å². The Morgan fingerprint density at radius 1 is 1.32 bits per heavy atom. The van der Waals surface area contributed by atoms with E-state index < -0.39 is 9.84 Å². The van der Waals surface area contributed by atoms with Gasteiger partial charge in [-0.3, -0.25) is 9.48 Å². The van der Waals surface area contributed by atoms with Gasteiger partial charge < -0.3 is 5.32 Å². The highest BCUT2D eigenvalue weighted by Crippen LogP contribution is 2.40. The van der Waals surface area contributed by atoms with Gasteiger partial charge in [0.2, 0.25) is 0 Å². The molecule has 1 amide bonds. The van der Waals surface area contributed by atoms with Gasteiger partial charge in [0.1, 0.15) is 5.69 Å². The van der Waals surface area contributed by atoms with E-state index in [1.165, 1.54) is 0 Å². The number of carbonyl (C=O) groups is 1. The zero-order valence-electron chi connectivity index (χ0n) is 13.3. The van der Waals surface area contributed by atoms with Crippen molar-refractivity contribution in [3.05, 3.63) is 17.5 Å². The first kappa shape index (κ1) is 15.5. The zero-order valence-corrected chi connectivity index (χ0v) is 14.1. The van der Waals surface area contributed by atoms with Gasteiger partial charge in [-0.05, 0) is 46.1 Å². The van der Waals surface area contributed by atoms with Crippen LogP contribution < -0.4 is 5.32 Å². The van der Waals surface area contributed by atoms with Gasteiger partial charge in [-0.2, -0.15) is 5.10 Å². The smallest absolute Gasteiger partial charge is 0.269 e. The second-order valence-corrected chi connectivity index (χ2v) is 9.61. The zero-order chi connectivity index (χ0) is 16.1. The van der Waals surface area contributed by atoms with E-state index in [2.05, 4.69) is 10.4 Å². The van der Waals surface area contributed by atoms with Gasteiger partial charge in [-0.1, -0.05) is 0 Å². The molecule has 0 bridgehead atoms. The molecule has 22 heavy (non-hydrogen) atoms. The Morgan fingerprint density at radius 2 is 2.00 bits per heavy atom. The van der Waals surface area contributed by atoms with E-state index in [0.717, 1.165) is 18.5 Å². The van der Waals surface area contributed by atoms with Gasteiger partial charge in [-0.25, -0.2) is 8.42 Å². The monoisotopic (exact) mass is 325 g/mol. The van der Waals surface area contributed by atoms with Crippen molar-refractivity contribution in [2.24, 2.45) is 0 Å². The molecule has 2 heterocycles. The molecule has 1 saturated carbocycles. The summed E-state index contributed by atoms with van der Waals surface area (Å²) in [7, 11) is -3.00. The molecule has 0 spiro atoms. The first-order valence-electron chi connectivity index (χ1n) is 7.77. The summed E-state index contributed by atoms with van der Waals surface area (Å²) in [6.45, 7) is 6.02. The van der Waals surface area contributed by atoms with Crippen molar-refractivity contribution in [2.75, 3.05) is 11.5 Å². The number of nitrogens with one attached hydrogen (secondary N) is 1. The third-order valence-corrected chi connectivity index (χ3v) is 5.93. The molecule has 6 nitrogen and oxygen atoms in total. The van der Waals surface area contributed by atoms with Crippen LogP contribution in [0.25, 0.3) is 0 Å². The highest BCUT2D eigenvalue weighted by atomic mass is 32.2. The minimum atomic E-state index is -3.00. The Balaban J connectivity index is 1.82. The maximum absolute atomic E-state index is 12.6. The molecule has 7 heteroatoms. The fourth-order valence-corrected chi connectivity index (χ4v) is 4.49. The van der Waals surface area contributed by atoms with Crippen molar-refractivity contribution in [3.63, 3.8) is 0 Å². The SMILES string of the molecule is CC(C)(C)n1nc(C2CC2)cc1C(=O)N[C@@H]1CCS(=O)(=O)C1. The van der Waals surface area contributed by atoms with Crippen LogP contribution in [0.2, 0.25) is 0 Å². The summed E-state index contributed by atoms with van der Waals surface area (Å²) >= 11 is 0. The van der Waals surface area contributed by atoms with Crippen molar-refractivity contribution in [1.29, 1.82) is 0 Å². The number of hydrogen-bond donors (Lipinski definition) is 1. The first-order valence-corrected chi connectivity index (χ1v) is 9.59. The van der Waals surface area contributed by atoms with E-state index in [9.17, 15) is 13.2 Å². The summed E-state index contributed by atoms with van der Waals surface area (Å²) in [6, 6.07) is 1.58. The average molecular weight is 325 g/mol. The molecule has 1 aliphatic heterocycles. The summed E-state index contributed by atoms with van der Waals surface area (Å²) in [4.78, 5) is 12.6. The van der Waals surface area contributed by atoms with Gasteiger partial charge >= 0.3 is 0 Å². The van der Waals surface area contributed by atoms with Crippen molar-refractivity contribution < 1.29 is 13.2 Å². The van der Waals surface area contributed by atoms with Crippen LogP contribution in [0.1, 0.15) is 62.1 Å². The molecule has 1 N–H and O–H groups in total. The van der Waals surface area contributed by atoms with Gasteiger partial charge in [0.15, 0.2) is 9.84 Å². The van der Waals surface area contributed by atoms with Gasteiger partial charge in [0.05, 0.1) is 22.7 Å². The molecule has 3 rings (SSSR count). The van der Waals surface area contributed by atoms with Crippen LogP contribution in [-0.4, -0.2) is 41.7 Å². The lowest BCUT2D eigenvalue weighted by Gasteiger charge is -2.22. The van der Waals surface area contributed by atoms with E-state index in [-0.39, 0.29) is 29.0 Å². The Labute approximate surface area is 131 Å².